The SMILES string of the molecule is CC1CN(C(C)c2cc(O)ccc2O)CC(C)N1. The van der Waals surface area contributed by atoms with E-state index in [1.54, 1.807) is 12.1 Å². The summed E-state index contributed by atoms with van der Waals surface area (Å²) in [6.07, 6.45) is 0. The first-order valence-corrected chi connectivity index (χ1v) is 6.49. The Labute approximate surface area is 108 Å². The molecule has 4 heteroatoms. The molecule has 1 fully saturated rings. The minimum atomic E-state index is 0.101. The van der Waals surface area contributed by atoms with E-state index < -0.39 is 0 Å². The third-order valence-corrected chi connectivity index (χ3v) is 3.59. The van der Waals surface area contributed by atoms with E-state index in [2.05, 4.69) is 31.0 Å². The first-order chi connectivity index (χ1) is 8.47. The van der Waals surface area contributed by atoms with Crippen LogP contribution in [0.4, 0.5) is 0 Å². The minimum absolute atomic E-state index is 0.101. The lowest BCUT2D eigenvalue weighted by Crippen LogP contribution is -2.54. The molecule has 0 bridgehead atoms. The minimum Gasteiger partial charge on any atom is -0.508 e. The Morgan fingerprint density at radius 2 is 1.83 bits per heavy atom. The number of aromatic hydroxyl groups is 2. The van der Waals surface area contributed by atoms with Gasteiger partial charge in [-0.2, -0.15) is 0 Å². The number of hydrogen-bond donors (Lipinski definition) is 3. The van der Waals surface area contributed by atoms with Crippen LogP contribution >= 0.6 is 0 Å². The fraction of sp³-hybridized carbons (Fsp3) is 0.571. The standard InChI is InChI=1S/C14H22N2O2/c1-9-7-16(8-10(2)15-9)11(3)13-6-12(17)4-5-14(13)18/h4-6,9-11,15,17-18H,7-8H2,1-3H3. The molecule has 1 aromatic rings. The van der Waals surface area contributed by atoms with Gasteiger partial charge in [0.2, 0.25) is 0 Å². The van der Waals surface area contributed by atoms with Crippen molar-refractivity contribution in [2.75, 3.05) is 13.1 Å². The molecule has 0 saturated carbocycles. The van der Waals surface area contributed by atoms with E-state index in [-0.39, 0.29) is 17.5 Å². The molecule has 3 atom stereocenters. The second-order valence-corrected chi connectivity index (χ2v) is 5.34. The summed E-state index contributed by atoms with van der Waals surface area (Å²) < 4.78 is 0. The number of rotatable bonds is 2. The molecule has 1 aliphatic heterocycles. The summed E-state index contributed by atoms with van der Waals surface area (Å²) in [5.74, 6) is 0.449. The molecule has 4 nitrogen and oxygen atoms in total. The van der Waals surface area contributed by atoms with Gasteiger partial charge < -0.3 is 15.5 Å². The van der Waals surface area contributed by atoms with Gasteiger partial charge in [-0.05, 0) is 39.0 Å². The summed E-state index contributed by atoms with van der Waals surface area (Å²) in [5, 5.41) is 22.9. The zero-order valence-electron chi connectivity index (χ0n) is 11.2. The monoisotopic (exact) mass is 250 g/mol. The molecule has 0 aliphatic carbocycles. The van der Waals surface area contributed by atoms with Gasteiger partial charge in [-0.3, -0.25) is 4.90 Å². The van der Waals surface area contributed by atoms with Crippen LogP contribution in [0.25, 0.3) is 0 Å². The van der Waals surface area contributed by atoms with Crippen LogP contribution < -0.4 is 5.32 Å². The van der Waals surface area contributed by atoms with Crippen LogP contribution in [0.1, 0.15) is 32.4 Å². The van der Waals surface area contributed by atoms with Crippen molar-refractivity contribution in [2.24, 2.45) is 0 Å². The summed E-state index contributed by atoms with van der Waals surface area (Å²) >= 11 is 0. The number of nitrogens with one attached hydrogen (secondary N) is 1. The number of phenolic OH excluding ortho intramolecular Hbond substituents is 2. The highest BCUT2D eigenvalue weighted by Gasteiger charge is 2.26. The Hall–Kier alpha value is -1.26. The van der Waals surface area contributed by atoms with Crippen LogP contribution in [0.3, 0.4) is 0 Å². The molecule has 18 heavy (non-hydrogen) atoms. The van der Waals surface area contributed by atoms with Gasteiger partial charge in [0.15, 0.2) is 0 Å². The normalized spacial score (nSPS) is 27.1. The van der Waals surface area contributed by atoms with Crippen LogP contribution in [0.5, 0.6) is 11.5 Å². The Morgan fingerprint density at radius 1 is 1.22 bits per heavy atom. The van der Waals surface area contributed by atoms with Gasteiger partial charge >= 0.3 is 0 Å². The maximum Gasteiger partial charge on any atom is 0.120 e. The highest BCUT2D eigenvalue weighted by Crippen LogP contribution is 2.32. The average Bonchev–Trinajstić information content (AvgIpc) is 2.30. The number of phenols is 2. The molecular formula is C14H22N2O2. The van der Waals surface area contributed by atoms with Gasteiger partial charge in [0.25, 0.3) is 0 Å². The number of benzene rings is 1. The van der Waals surface area contributed by atoms with Crippen LogP contribution in [0.2, 0.25) is 0 Å². The van der Waals surface area contributed by atoms with Crippen molar-refractivity contribution in [3.05, 3.63) is 23.8 Å². The summed E-state index contributed by atoms with van der Waals surface area (Å²) in [6.45, 7) is 8.29. The average molecular weight is 250 g/mol. The third-order valence-electron chi connectivity index (χ3n) is 3.59. The van der Waals surface area contributed by atoms with Crippen molar-refractivity contribution in [1.29, 1.82) is 0 Å². The predicted octanol–water partition coefficient (Wildman–Crippen LogP) is 1.84. The van der Waals surface area contributed by atoms with Crippen molar-refractivity contribution in [1.82, 2.24) is 10.2 Å². The molecule has 3 N–H and O–H groups in total. The third kappa shape index (κ3) is 2.76. The lowest BCUT2D eigenvalue weighted by molar-refractivity contribution is 0.130. The van der Waals surface area contributed by atoms with Crippen molar-refractivity contribution >= 4 is 0 Å². The van der Waals surface area contributed by atoms with Gasteiger partial charge in [-0.15, -0.1) is 0 Å². The molecule has 1 aliphatic rings. The molecule has 1 aromatic carbocycles. The van der Waals surface area contributed by atoms with Crippen molar-refractivity contribution in [2.45, 2.75) is 38.9 Å². The number of piperazine rings is 1. The Balaban J connectivity index is 2.19. The lowest BCUT2D eigenvalue weighted by Gasteiger charge is -2.40. The van der Waals surface area contributed by atoms with Gasteiger partial charge in [0, 0.05) is 36.8 Å². The zero-order chi connectivity index (χ0) is 13.3. The second kappa shape index (κ2) is 5.16. The van der Waals surface area contributed by atoms with E-state index in [0.29, 0.717) is 12.1 Å². The Morgan fingerprint density at radius 3 is 2.44 bits per heavy atom. The summed E-state index contributed by atoms with van der Waals surface area (Å²) in [5.41, 5.74) is 0.788. The van der Waals surface area contributed by atoms with E-state index in [1.165, 1.54) is 6.07 Å². The fourth-order valence-corrected chi connectivity index (χ4v) is 2.76. The van der Waals surface area contributed by atoms with Gasteiger partial charge in [0.05, 0.1) is 0 Å². The highest BCUT2D eigenvalue weighted by atomic mass is 16.3. The van der Waals surface area contributed by atoms with Gasteiger partial charge in [0.1, 0.15) is 11.5 Å². The molecular weight excluding hydrogens is 228 g/mol. The maximum atomic E-state index is 9.91. The fourth-order valence-electron chi connectivity index (χ4n) is 2.76. The zero-order valence-corrected chi connectivity index (χ0v) is 11.2. The van der Waals surface area contributed by atoms with Crippen LogP contribution in [-0.2, 0) is 0 Å². The van der Waals surface area contributed by atoms with Crippen LogP contribution in [0, 0.1) is 0 Å². The van der Waals surface area contributed by atoms with Crippen molar-refractivity contribution in [3.63, 3.8) is 0 Å². The number of nitrogens with zero attached hydrogens (tertiary/aromatic N) is 1. The lowest BCUT2D eigenvalue weighted by atomic mass is 10.0. The molecule has 1 saturated heterocycles. The second-order valence-electron chi connectivity index (χ2n) is 5.34. The first-order valence-electron chi connectivity index (χ1n) is 6.49. The molecule has 3 unspecified atom stereocenters. The maximum absolute atomic E-state index is 9.91. The summed E-state index contributed by atoms with van der Waals surface area (Å²) in [7, 11) is 0. The van der Waals surface area contributed by atoms with E-state index >= 15 is 0 Å². The quantitative estimate of drug-likeness (QED) is 0.701. The van der Waals surface area contributed by atoms with E-state index in [4.69, 9.17) is 0 Å². The molecule has 1 heterocycles. The highest BCUT2D eigenvalue weighted by molar-refractivity contribution is 5.40. The smallest absolute Gasteiger partial charge is 0.120 e. The summed E-state index contributed by atoms with van der Waals surface area (Å²) in [6, 6.07) is 5.69. The first kappa shape index (κ1) is 13.2. The topological polar surface area (TPSA) is 55.7 Å². The summed E-state index contributed by atoms with van der Waals surface area (Å²) in [4.78, 5) is 2.33. The van der Waals surface area contributed by atoms with Gasteiger partial charge in [-0.1, -0.05) is 0 Å². The Bertz CT molecular complexity index is 412. The molecule has 100 valence electrons. The van der Waals surface area contributed by atoms with Crippen molar-refractivity contribution < 1.29 is 10.2 Å². The van der Waals surface area contributed by atoms with Gasteiger partial charge in [-0.25, -0.2) is 0 Å². The molecule has 0 aromatic heterocycles. The predicted molar refractivity (Wildman–Crippen MR) is 71.8 cm³/mol. The molecule has 0 amide bonds. The van der Waals surface area contributed by atoms with Crippen LogP contribution in [-0.4, -0.2) is 40.3 Å². The van der Waals surface area contributed by atoms with E-state index in [9.17, 15) is 10.2 Å². The van der Waals surface area contributed by atoms with Crippen LogP contribution in [0.15, 0.2) is 18.2 Å². The molecule has 0 radical (unpaired) electrons. The Kier molecular flexibility index (Phi) is 3.78. The molecule has 0 spiro atoms. The largest absolute Gasteiger partial charge is 0.508 e. The van der Waals surface area contributed by atoms with E-state index in [0.717, 1.165) is 18.7 Å². The number of hydrogen-bond acceptors (Lipinski definition) is 4. The van der Waals surface area contributed by atoms with Crippen molar-refractivity contribution in [3.8, 4) is 11.5 Å². The van der Waals surface area contributed by atoms with E-state index in [1.807, 2.05) is 0 Å². The molecule has 2 rings (SSSR count).